The molecule has 0 spiro atoms. The monoisotopic (exact) mass is 490 g/mol. The van der Waals surface area contributed by atoms with Crippen molar-refractivity contribution >= 4 is 38.6 Å². The summed E-state index contributed by atoms with van der Waals surface area (Å²) in [6, 6.07) is 9.20. The van der Waals surface area contributed by atoms with E-state index in [2.05, 4.69) is 26.1 Å². The molecule has 1 saturated carbocycles. The number of hydrogen-bond donors (Lipinski definition) is 1. The van der Waals surface area contributed by atoms with E-state index in [1.165, 1.54) is 0 Å². The quantitative estimate of drug-likeness (QED) is 0.464. The highest BCUT2D eigenvalue weighted by Crippen LogP contribution is 2.38. The van der Waals surface area contributed by atoms with Gasteiger partial charge in [0.05, 0.1) is 11.0 Å². The van der Waals surface area contributed by atoms with Crippen molar-refractivity contribution < 1.29 is 13.2 Å². The van der Waals surface area contributed by atoms with Crippen LogP contribution in [-0.2, 0) is 0 Å². The smallest absolute Gasteiger partial charge is 0.172 e. The second-order valence-corrected chi connectivity index (χ2v) is 9.26. The first-order valence-electron chi connectivity index (χ1n) is 10.6. The van der Waals surface area contributed by atoms with Gasteiger partial charge in [0.2, 0.25) is 0 Å². The van der Waals surface area contributed by atoms with E-state index in [9.17, 15) is 8.78 Å². The molecule has 1 aromatic heterocycles. The van der Waals surface area contributed by atoms with Gasteiger partial charge in [0.25, 0.3) is 0 Å². The van der Waals surface area contributed by atoms with Gasteiger partial charge in [-0.05, 0) is 68.0 Å². The van der Waals surface area contributed by atoms with E-state index in [-0.39, 0.29) is 11.5 Å². The second kappa shape index (κ2) is 8.30. The van der Waals surface area contributed by atoms with Crippen LogP contribution in [0.3, 0.4) is 0 Å². The minimum atomic E-state index is -1.53. The summed E-state index contributed by atoms with van der Waals surface area (Å²) in [5.41, 5.74) is 1.42. The maximum atomic E-state index is 15.0. The minimum absolute atomic E-state index is 0.190. The second-order valence-electron chi connectivity index (χ2n) is 8.34. The summed E-state index contributed by atoms with van der Waals surface area (Å²) in [5, 5.41) is 3.47. The van der Waals surface area contributed by atoms with Crippen molar-refractivity contribution in [2.75, 3.05) is 23.3 Å². The fourth-order valence-corrected chi connectivity index (χ4v) is 4.49. The SMILES string of the molecule is Fc1ccc(F)c(C(F)C2CCN(c3nc4cc(Br)ccc4nc3NC3CC3)CC2)c1. The number of fused-ring (bicyclic) bond motifs is 1. The molecule has 5 rings (SSSR count). The van der Waals surface area contributed by atoms with Gasteiger partial charge in [-0.25, -0.2) is 23.1 Å². The number of benzene rings is 2. The molecule has 1 aliphatic heterocycles. The zero-order valence-electron chi connectivity index (χ0n) is 16.8. The van der Waals surface area contributed by atoms with Crippen molar-refractivity contribution in [3.05, 3.63) is 58.1 Å². The molecule has 3 aromatic rings. The number of piperidine rings is 1. The third-order valence-corrected chi connectivity index (χ3v) is 6.53. The highest BCUT2D eigenvalue weighted by molar-refractivity contribution is 9.10. The predicted molar refractivity (Wildman–Crippen MR) is 119 cm³/mol. The maximum absolute atomic E-state index is 15.0. The van der Waals surface area contributed by atoms with Crippen LogP contribution in [0.5, 0.6) is 0 Å². The number of anilines is 2. The summed E-state index contributed by atoms with van der Waals surface area (Å²) in [5.74, 6) is -0.162. The highest BCUT2D eigenvalue weighted by Gasteiger charge is 2.32. The van der Waals surface area contributed by atoms with Gasteiger partial charge < -0.3 is 10.2 Å². The number of alkyl halides is 1. The van der Waals surface area contributed by atoms with Gasteiger partial charge in [-0.3, -0.25) is 0 Å². The summed E-state index contributed by atoms with van der Waals surface area (Å²) < 4.78 is 43.5. The molecule has 2 fully saturated rings. The molecule has 2 aromatic carbocycles. The molecule has 2 heterocycles. The van der Waals surface area contributed by atoms with Crippen LogP contribution in [0.25, 0.3) is 11.0 Å². The molecule has 1 aliphatic carbocycles. The van der Waals surface area contributed by atoms with Crippen LogP contribution in [0, 0.1) is 17.6 Å². The van der Waals surface area contributed by atoms with Crippen LogP contribution in [0.2, 0.25) is 0 Å². The van der Waals surface area contributed by atoms with E-state index in [0.29, 0.717) is 32.0 Å². The molecule has 8 heteroatoms. The molecule has 1 saturated heterocycles. The van der Waals surface area contributed by atoms with Crippen LogP contribution in [0.1, 0.15) is 37.4 Å². The zero-order chi connectivity index (χ0) is 21.5. The Bertz CT molecular complexity index is 1110. The number of rotatable bonds is 5. The Morgan fingerprint density at radius 3 is 2.48 bits per heavy atom. The number of hydrogen-bond acceptors (Lipinski definition) is 4. The van der Waals surface area contributed by atoms with Crippen LogP contribution >= 0.6 is 15.9 Å². The summed E-state index contributed by atoms with van der Waals surface area (Å²) in [6.07, 6.45) is 1.76. The Balaban J connectivity index is 1.37. The van der Waals surface area contributed by atoms with Crippen molar-refractivity contribution in [3.63, 3.8) is 0 Å². The van der Waals surface area contributed by atoms with Gasteiger partial charge in [-0.2, -0.15) is 0 Å². The first kappa shape index (κ1) is 20.5. The molecule has 1 N–H and O–H groups in total. The first-order valence-corrected chi connectivity index (χ1v) is 11.3. The lowest BCUT2D eigenvalue weighted by atomic mass is 9.88. The summed E-state index contributed by atoms with van der Waals surface area (Å²) >= 11 is 3.48. The van der Waals surface area contributed by atoms with E-state index in [1.807, 2.05) is 18.2 Å². The molecule has 0 radical (unpaired) electrons. The number of nitrogens with zero attached hydrogens (tertiary/aromatic N) is 3. The van der Waals surface area contributed by atoms with E-state index in [1.54, 1.807) is 0 Å². The van der Waals surface area contributed by atoms with E-state index in [4.69, 9.17) is 9.97 Å². The van der Waals surface area contributed by atoms with E-state index in [0.717, 1.165) is 58.2 Å². The van der Waals surface area contributed by atoms with E-state index < -0.39 is 17.8 Å². The minimum Gasteiger partial charge on any atom is -0.364 e. The number of nitrogens with one attached hydrogen (secondary N) is 1. The highest BCUT2D eigenvalue weighted by atomic mass is 79.9. The van der Waals surface area contributed by atoms with Gasteiger partial charge >= 0.3 is 0 Å². The van der Waals surface area contributed by atoms with E-state index >= 15 is 4.39 Å². The lowest BCUT2D eigenvalue weighted by molar-refractivity contribution is 0.193. The molecular formula is C23H22BrF3N4. The summed E-state index contributed by atoms with van der Waals surface area (Å²) in [4.78, 5) is 11.8. The lowest BCUT2D eigenvalue weighted by Gasteiger charge is -2.35. The Hall–Kier alpha value is -2.35. The fourth-order valence-electron chi connectivity index (χ4n) is 4.14. The molecule has 2 aliphatic rings. The molecule has 31 heavy (non-hydrogen) atoms. The van der Waals surface area contributed by atoms with Gasteiger partial charge in [-0.1, -0.05) is 15.9 Å². The van der Waals surface area contributed by atoms with Crippen LogP contribution in [0.4, 0.5) is 24.8 Å². The Morgan fingerprint density at radius 1 is 0.968 bits per heavy atom. The molecule has 1 atom stereocenters. The van der Waals surface area contributed by atoms with Crippen LogP contribution < -0.4 is 10.2 Å². The molecule has 4 nitrogen and oxygen atoms in total. The first-order chi connectivity index (χ1) is 15.0. The molecular weight excluding hydrogens is 469 g/mol. The fraction of sp³-hybridized carbons (Fsp3) is 0.391. The average molecular weight is 491 g/mol. The number of aromatic nitrogens is 2. The topological polar surface area (TPSA) is 41.1 Å². The third kappa shape index (κ3) is 4.35. The molecule has 162 valence electrons. The molecule has 0 amide bonds. The van der Waals surface area contributed by atoms with Crippen molar-refractivity contribution in [3.8, 4) is 0 Å². The Kier molecular flexibility index (Phi) is 5.50. The third-order valence-electron chi connectivity index (χ3n) is 6.03. The van der Waals surface area contributed by atoms with Gasteiger partial charge in [0, 0.05) is 29.2 Å². The maximum Gasteiger partial charge on any atom is 0.172 e. The van der Waals surface area contributed by atoms with Crippen molar-refractivity contribution in [1.29, 1.82) is 0 Å². The summed E-state index contributed by atoms with van der Waals surface area (Å²) in [6.45, 7) is 1.16. The van der Waals surface area contributed by atoms with Crippen LogP contribution in [-0.4, -0.2) is 29.1 Å². The van der Waals surface area contributed by atoms with Crippen molar-refractivity contribution in [1.82, 2.24) is 9.97 Å². The normalized spacial score (nSPS) is 18.4. The van der Waals surface area contributed by atoms with Gasteiger partial charge in [0.15, 0.2) is 11.6 Å². The van der Waals surface area contributed by atoms with Crippen molar-refractivity contribution in [2.45, 2.75) is 37.9 Å². The Labute approximate surface area is 187 Å². The molecule has 1 unspecified atom stereocenters. The molecule has 0 bridgehead atoms. The standard InChI is InChI=1S/C23H22BrF3N4/c24-14-1-6-19-20(11-14)30-23(22(29-19)28-16-3-4-16)31-9-7-13(8-10-31)21(27)17-12-15(25)2-5-18(17)26/h1-2,5-6,11-13,16,21H,3-4,7-10H2,(H,28,29). The zero-order valence-corrected chi connectivity index (χ0v) is 18.4. The average Bonchev–Trinajstić information content (AvgIpc) is 3.59. The van der Waals surface area contributed by atoms with Crippen LogP contribution in [0.15, 0.2) is 40.9 Å². The predicted octanol–water partition coefficient (Wildman–Crippen LogP) is 6.17. The lowest BCUT2D eigenvalue weighted by Crippen LogP contribution is -2.36. The summed E-state index contributed by atoms with van der Waals surface area (Å²) in [7, 11) is 0. The van der Waals surface area contributed by atoms with Crippen molar-refractivity contribution in [2.24, 2.45) is 5.92 Å². The number of halogens is 4. The largest absolute Gasteiger partial charge is 0.364 e. The van der Waals surface area contributed by atoms with Gasteiger partial charge in [0.1, 0.15) is 17.8 Å². The Morgan fingerprint density at radius 2 is 1.74 bits per heavy atom. The van der Waals surface area contributed by atoms with Gasteiger partial charge in [-0.15, -0.1) is 0 Å².